The molecule has 0 fully saturated rings. The average Bonchev–Trinajstić information content (AvgIpc) is 2.88. The third-order valence-corrected chi connectivity index (χ3v) is 4.29. The lowest BCUT2D eigenvalue weighted by molar-refractivity contribution is 0.0698. The fraction of sp³-hybridized carbons (Fsp3) is 0.0625. The number of halogens is 2. The zero-order chi connectivity index (χ0) is 15.7. The molecule has 0 saturated heterocycles. The number of hydrogen-bond donors (Lipinski definition) is 1. The zero-order valence-corrected chi connectivity index (χ0v) is 12.0. The molecule has 1 heterocycles. The summed E-state index contributed by atoms with van der Waals surface area (Å²) in [7, 11) is 0. The van der Waals surface area contributed by atoms with Crippen molar-refractivity contribution >= 4 is 27.4 Å². The van der Waals surface area contributed by atoms with Crippen LogP contribution < -0.4 is 4.74 Å². The first kappa shape index (κ1) is 14.5. The Morgan fingerprint density at radius 2 is 1.91 bits per heavy atom. The zero-order valence-electron chi connectivity index (χ0n) is 11.2. The van der Waals surface area contributed by atoms with Gasteiger partial charge in [-0.15, -0.1) is 11.3 Å². The number of thiophene rings is 1. The van der Waals surface area contributed by atoms with E-state index in [1.165, 1.54) is 12.1 Å². The van der Waals surface area contributed by atoms with Gasteiger partial charge in [-0.25, -0.2) is 13.6 Å². The van der Waals surface area contributed by atoms with Crippen LogP contribution in [0, 0.1) is 11.6 Å². The maximum Gasteiger partial charge on any atom is 0.349 e. The van der Waals surface area contributed by atoms with Gasteiger partial charge in [-0.05, 0) is 18.2 Å². The summed E-state index contributed by atoms with van der Waals surface area (Å²) in [6.45, 7) is -0.245. The molecule has 3 nitrogen and oxygen atoms in total. The van der Waals surface area contributed by atoms with Crippen LogP contribution in [0.25, 0.3) is 10.1 Å². The van der Waals surface area contributed by atoms with E-state index in [2.05, 4.69) is 0 Å². The first-order valence-corrected chi connectivity index (χ1v) is 7.20. The molecule has 0 amide bonds. The van der Waals surface area contributed by atoms with Gasteiger partial charge in [0.25, 0.3) is 0 Å². The van der Waals surface area contributed by atoms with Gasteiger partial charge in [-0.3, -0.25) is 0 Å². The average molecular weight is 320 g/mol. The molecule has 0 unspecified atom stereocenters. The summed E-state index contributed by atoms with van der Waals surface area (Å²) in [6, 6.07) is 10.9. The van der Waals surface area contributed by atoms with Gasteiger partial charge in [0.15, 0.2) is 22.3 Å². The molecule has 0 aliphatic rings. The van der Waals surface area contributed by atoms with E-state index in [0.717, 1.165) is 22.1 Å². The van der Waals surface area contributed by atoms with E-state index < -0.39 is 17.6 Å². The topological polar surface area (TPSA) is 46.5 Å². The molecule has 0 aliphatic carbocycles. The predicted octanol–water partition coefficient (Wildman–Crippen LogP) is 4.46. The van der Waals surface area contributed by atoms with Gasteiger partial charge in [0.2, 0.25) is 0 Å². The highest BCUT2D eigenvalue weighted by atomic mass is 32.1. The standard InChI is InChI=1S/C16H10F2O3S/c17-11-6-3-4-9(13(11)18)8-21-14-10-5-1-2-7-12(10)22-15(14)16(19)20/h1-7H,8H2,(H,19,20). The quantitative estimate of drug-likeness (QED) is 0.772. The second-order valence-electron chi connectivity index (χ2n) is 4.56. The van der Waals surface area contributed by atoms with E-state index in [1.807, 2.05) is 0 Å². The van der Waals surface area contributed by atoms with Gasteiger partial charge in [0.1, 0.15) is 6.61 Å². The Kier molecular flexibility index (Phi) is 3.77. The molecule has 0 atom stereocenters. The molecule has 0 saturated carbocycles. The summed E-state index contributed by atoms with van der Waals surface area (Å²) in [6.07, 6.45) is 0. The van der Waals surface area contributed by atoms with Crippen LogP contribution in [0.2, 0.25) is 0 Å². The molecule has 1 aromatic heterocycles. The summed E-state index contributed by atoms with van der Waals surface area (Å²) >= 11 is 1.08. The van der Waals surface area contributed by atoms with Crippen molar-refractivity contribution in [2.75, 3.05) is 0 Å². The monoisotopic (exact) mass is 320 g/mol. The van der Waals surface area contributed by atoms with Crippen LogP contribution >= 0.6 is 11.3 Å². The van der Waals surface area contributed by atoms with Crippen LogP contribution in [0.3, 0.4) is 0 Å². The minimum atomic E-state index is -1.11. The van der Waals surface area contributed by atoms with Crippen LogP contribution in [0.5, 0.6) is 5.75 Å². The molecule has 22 heavy (non-hydrogen) atoms. The Hall–Kier alpha value is -2.47. The van der Waals surface area contributed by atoms with Crippen molar-refractivity contribution in [3.05, 3.63) is 64.5 Å². The van der Waals surface area contributed by atoms with Gasteiger partial charge in [-0.2, -0.15) is 0 Å². The number of carboxylic acids is 1. The van der Waals surface area contributed by atoms with E-state index in [0.29, 0.717) is 5.39 Å². The highest BCUT2D eigenvalue weighted by Crippen LogP contribution is 2.38. The summed E-state index contributed by atoms with van der Waals surface area (Å²) in [5.74, 6) is -2.89. The largest absolute Gasteiger partial charge is 0.486 e. The highest BCUT2D eigenvalue weighted by Gasteiger charge is 2.19. The molecule has 112 valence electrons. The summed E-state index contributed by atoms with van der Waals surface area (Å²) in [5, 5.41) is 9.90. The molecule has 2 aromatic carbocycles. The van der Waals surface area contributed by atoms with Gasteiger partial charge in [0, 0.05) is 15.6 Å². The van der Waals surface area contributed by atoms with Crippen molar-refractivity contribution in [3.63, 3.8) is 0 Å². The lowest BCUT2D eigenvalue weighted by Crippen LogP contribution is -2.03. The second-order valence-corrected chi connectivity index (χ2v) is 5.62. The maximum atomic E-state index is 13.6. The number of ether oxygens (including phenoxy) is 1. The van der Waals surface area contributed by atoms with Crippen molar-refractivity contribution in [1.82, 2.24) is 0 Å². The van der Waals surface area contributed by atoms with E-state index in [1.54, 1.807) is 24.3 Å². The number of benzene rings is 2. The first-order chi connectivity index (χ1) is 10.6. The van der Waals surface area contributed by atoms with E-state index >= 15 is 0 Å². The van der Waals surface area contributed by atoms with Gasteiger partial charge in [-0.1, -0.05) is 24.3 Å². The predicted molar refractivity (Wildman–Crippen MR) is 79.5 cm³/mol. The normalized spacial score (nSPS) is 10.8. The molecule has 0 aliphatic heterocycles. The summed E-state index contributed by atoms with van der Waals surface area (Å²) in [5.41, 5.74) is 0.0339. The van der Waals surface area contributed by atoms with Crippen LogP contribution in [0.4, 0.5) is 8.78 Å². The summed E-state index contributed by atoms with van der Waals surface area (Å²) < 4.78 is 33.1. The van der Waals surface area contributed by atoms with E-state index in [9.17, 15) is 18.7 Å². The van der Waals surface area contributed by atoms with Crippen molar-refractivity contribution < 1.29 is 23.4 Å². The van der Waals surface area contributed by atoms with Crippen molar-refractivity contribution in [3.8, 4) is 5.75 Å². The van der Waals surface area contributed by atoms with Gasteiger partial charge >= 0.3 is 5.97 Å². The Morgan fingerprint density at radius 3 is 2.68 bits per heavy atom. The molecular weight excluding hydrogens is 310 g/mol. The molecule has 0 bridgehead atoms. The Morgan fingerprint density at radius 1 is 1.14 bits per heavy atom. The number of fused-ring (bicyclic) bond motifs is 1. The van der Waals surface area contributed by atoms with Gasteiger partial charge < -0.3 is 9.84 Å². The molecule has 3 aromatic rings. The van der Waals surface area contributed by atoms with E-state index in [-0.39, 0.29) is 22.8 Å². The van der Waals surface area contributed by atoms with Crippen LogP contribution in [0.15, 0.2) is 42.5 Å². The lowest BCUT2D eigenvalue weighted by atomic mass is 10.2. The maximum absolute atomic E-state index is 13.6. The number of carboxylic acid groups (broad SMARTS) is 1. The molecule has 1 N–H and O–H groups in total. The fourth-order valence-corrected chi connectivity index (χ4v) is 3.10. The first-order valence-electron chi connectivity index (χ1n) is 6.38. The van der Waals surface area contributed by atoms with E-state index in [4.69, 9.17) is 4.74 Å². The van der Waals surface area contributed by atoms with Crippen LogP contribution in [-0.4, -0.2) is 11.1 Å². The minimum Gasteiger partial charge on any atom is -0.486 e. The molecule has 0 radical (unpaired) electrons. The van der Waals surface area contributed by atoms with Crippen molar-refractivity contribution in [2.24, 2.45) is 0 Å². The highest BCUT2D eigenvalue weighted by molar-refractivity contribution is 7.21. The Labute approximate surface area is 128 Å². The molecule has 0 spiro atoms. The number of rotatable bonds is 4. The van der Waals surface area contributed by atoms with Gasteiger partial charge in [0.05, 0.1) is 0 Å². The number of hydrogen-bond acceptors (Lipinski definition) is 3. The van der Waals surface area contributed by atoms with Crippen LogP contribution in [-0.2, 0) is 6.61 Å². The lowest BCUT2D eigenvalue weighted by Gasteiger charge is -2.08. The second kappa shape index (κ2) is 5.73. The smallest absolute Gasteiger partial charge is 0.349 e. The molecular formula is C16H10F2O3S. The Balaban J connectivity index is 1.98. The number of carbonyl (C=O) groups is 1. The molecule has 3 rings (SSSR count). The third-order valence-electron chi connectivity index (χ3n) is 3.15. The summed E-state index contributed by atoms with van der Waals surface area (Å²) in [4.78, 5) is 11.4. The molecule has 6 heteroatoms. The third kappa shape index (κ3) is 2.53. The SMILES string of the molecule is O=C(O)c1sc2ccccc2c1OCc1cccc(F)c1F. The van der Waals surface area contributed by atoms with Crippen molar-refractivity contribution in [2.45, 2.75) is 6.61 Å². The van der Waals surface area contributed by atoms with Crippen molar-refractivity contribution in [1.29, 1.82) is 0 Å². The number of aromatic carboxylic acids is 1. The van der Waals surface area contributed by atoms with Crippen LogP contribution in [0.1, 0.15) is 15.2 Å². The minimum absolute atomic E-state index is 0.0339. The fourth-order valence-electron chi connectivity index (χ4n) is 2.12. The Bertz CT molecular complexity index is 858.